The monoisotopic (exact) mass is 434 g/mol. The fraction of sp³-hybridized carbons (Fsp3) is 0.667. The van der Waals surface area contributed by atoms with Gasteiger partial charge in [0.05, 0.1) is 0 Å². The summed E-state index contributed by atoms with van der Waals surface area (Å²) in [7, 11) is 0. The first-order valence-electron chi connectivity index (χ1n) is 11.2. The molecule has 1 fully saturated rings. The molecule has 31 heavy (non-hydrogen) atoms. The first-order chi connectivity index (χ1) is 14.6. The van der Waals surface area contributed by atoms with Gasteiger partial charge in [0.1, 0.15) is 12.2 Å². The lowest BCUT2D eigenvalue weighted by Gasteiger charge is -2.45. The van der Waals surface area contributed by atoms with Crippen molar-refractivity contribution >= 4 is 12.2 Å². The average molecular weight is 435 g/mol. The van der Waals surface area contributed by atoms with Gasteiger partial charge in [0, 0.05) is 25.1 Å². The number of ether oxygens (including phenoxy) is 2. The number of aliphatic hydroxyl groups excluding tert-OH is 1. The molecule has 2 atom stereocenters. The Hall–Kier alpha value is -2.28. The summed E-state index contributed by atoms with van der Waals surface area (Å²) in [5.41, 5.74) is 0.462. The number of alkyl carbamates (subject to hydrolysis) is 2. The van der Waals surface area contributed by atoms with Crippen molar-refractivity contribution < 1.29 is 24.2 Å². The molecule has 0 radical (unpaired) electrons. The van der Waals surface area contributed by atoms with Crippen LogP contribution in [0.2, 0.25) is 0 Å². The highest BCUT2D eigenvalue weighted by Crippen LogP contribution is 2.48. The number of carbonyl (C=O) groups is 2. The normalized spacial score (nSPS) is 17.1. The Morgan fingerprint density at radius 1 is 1.16 bits per heavy atom. The standard InChI is InChI=1S/C24H38N2O5/c1-18(26-22(29)31-23(2,3)4)20(16-27)15-24(11-8-12-24)13-14-25-21(28)30-17-19-9-6-5-7-10-19/h5-7,9-10,18,20,27H,8,11-17H2,1-4H3,(H,25,28)(H,26,29)/t18-,20+/m1/s1. The molecule has 0 aliphatic heterocycles. The maximum Gasteiger partial charge on any atom is 0.407 e. The predicted octanol–water partition coefficient (Wildman–Crippen LogP) is 4.39. The van der Waals surface area contributed by atoms with Crippen molar-refractivity contribution in [3.63, 3.8) is 0 Å². The van der Waals surface area contributed by atoms with Crippen LogP contribution in [0.4, 0.5) is 9.59 Å². The van der Waals surface area contributed by atoms with E-state index in [1.807, 2.05) is 58.0 Å². The zero-order valence-corrected chi connectivity index (χ0v) is 19.3. The molecule has 2 amide bonds. The van der Waals surface area contributed by atoms with Gasteiger partial charge in [-0.1, -0.05) is 36.8 Å². The van der Waals surface area contributed by atoms with Gasteiger partial charge in [0.25, 0.3) is 0 Å². The van der Waals surface area contributed by atoms with E-state index >= 15 is 0 Å². The number of rotatable bonds is 10. The molecule has 2 rings (SSSR count). The molecule has 0 heterocycles. The molecule has 0 spiro atoms. The summed E-state index contributed by atoms with van der Waals surface area (Å²) < 4.78 is 10.6. The molecule has 0 bridgehead atoms. The topological polar surface area (TPSA) is 96.9 Å². The van der Waals surface area contributed by atoms with Gasteiger partial charge in [0.2, 0.25) is 0 Å². The first kappa shape index (κ1) is 25.0. The minimum absolute atomic E-state index is 0.00867. The summed E-state index contributed by atoms with van der Waals surface area (Å²) in [6.45, 7) is 8.13. The molecule has 0 unspecified atom stereocenters. The van der Waals surface area contributed by atoms with Gasteiger partial charge in [0.15, 0.2) is 0 Å². The maximum atomic E-state index is 12.1. The number of amides is 2. The number of benzene rings is 1. The zero-order chi connectivity index (χ0) is 22.9. The smallest absolute Gasteiger partial charge is 0.407 e. The van der Waals surface area contributed by atoms with E-state index in [2.05, 4.69) is 10.6 Å². The van der Waals surface area contributed by atoms with Crippen LogP contribution in [0, 0.1) is 11.3 Å². The van der Waals surface area contributed by atoms with Crippen molar-refractivity contribution in [2.45, 2.75) is 78.0 Å². The van der Waals surface area contributed by atoms with E-state index in [4.69, 9.17) is 9.47 Å². The summed E-state index contributed by atoms with van der Waals surface area (Å²) in [5, 5.41) is 15.6. The molecule has 7 nitrogen and oxygen atoms in total. The number of nitrogens with one attached hydrogen (secondary N) is 2. The van der Waals surface area contributed by atoms with Crippen LogP contribution in [0.5, 0.6) is 0 Å². The van der Waals surface area contributed by atoms with Crippen LogP contribution in [-0.2, 0) is 16.1 Å². The lowest BCUT2D eigenvalue weighted by atomic mass is 9.62. The summed E-state index contributed by atoms with van der Waals surface area (Å²) in [5.74, 6) is -0.0714. The van der Waals surface area contributed by atoms with Crippen LogP contribution in [0.1, 0.15) is 65.4 Å². The maximum absolute atomic E-state index is 12.1. The van der Waals surface area contributed by atoms with Crippen LogP contribution in [0.25, 0.3) is 0 Å². The van der Waals surface area contributed by atoms with Gasteiger partial charge >= 0.3 is 12.2 Å². The number of hydrogen-bond acceptors (Lipinski definition) is 5. The molecular weight excluding hydrogens is 396 g/mol. The van der Waals surface area contributed by atoms with Crippen LogP contribution >= 0.6 is 0 Å². The predicted molar refractivity (Wildman–Crippen MR) is 120 cm³/mol. The molecule has 3 N–H and O–H groups in total. The fourth-order valence-corrected chi connectivity index (χ4v) is 4.00. The van der Waals surface area contributed by atoms with Gasteiger partial charge in [-0.15, -0.1) is 0 Å². The highest BCUT2D eigenvalue weighted by Gasteiger charge is 2.39. The SMILES string of the molecule is C[C@@H](NC(=O)OC(C)(C)C)[C@H](CO)CC1(CCNC(=O)OCc2ccccc2)CCC1. The molecule has 174 valence electrons. The zero-order valence-electron chi connectivity index (χ0n) is 19.3. The summed E-state index contributed by atoms with van der Waals surface area (Å²) in [4.78, 5) is 24.1. The van der Waals surface area contributed by atoms with Crippen LogP contribution in [0.15, 0.2) is 30.3 Å². The van der Waals surface area contributed by atoms with E-state index in [0.29, 0.717) is 6.54 Å². The largest absolute Gasteiger partial charge is 0.445 e. The molecule has 7 heteroatoms. The highest BCUT2D eigenvalue weighted by molar-refractivity contribution is 5.68. The second-order valence-corrected chi connectivity index (χ2v) is 9.67. The van der Waals surface area contributed by atoms with Crippen molar-refractivity contribution in [3.8, 4) is 0 Å². The molecule has 1 aliphatic rings. The fourth-order valence-electron chi connectivity index (χ4n) is 4.00. The Balaban J connectivity index is 1.77. The van der Waals surface area contributed by atoms with Crippen molar-refractivity contribution in [2.75, 3.05) is 13.2 Å². The molecule has 1 aromatic rings. The quantitative estimate of drug-likeness (QED) is 0.508. The van der Waals surface area contributed by atoms with Crippen molar-refractivity contribution in [1.29, 1.82) is 0 Å². The van der Waals surface area contributed by atoms with Crippen LogP contribution < -0.4 is 10.6 Å². The first-order valence-corrected chi connectivity index (χ1v) is 11.2. The summed E-state index contributed by atoms with van der Waals surface area (Å²) in [6, 6.07) is 9.36. The van der Waals surface area contributed by atoms with E-state index in [-0.39, 0.29) is 30.6 Å². The minimum Gasteiger partial charge on any atom is -0.445 e. The molecule has 1 saturated carbocycles. The van der Waals surface area contributed by atoms with Gasteiger partial charge in [-0.25, -0.2) is 9.59 Å². The third-order valence-electron chi connectivity index (χ3n) is 5.93. The van der Waals surface area contributed by atoms with E-state index in [0.717, 1.165) is 37.7 Å². The Morgan fingerprint density at radius 2 is 1.84 bits per heavy atom. The van der Waals surface area contributed by atoms with E-state index in [1.165, 1.54) is 0 Å². The Bertz CT molecular complexity index is 698. The third-order valence-corrected chi connectivity index (χ3v) is 5.93. The van der Waals surface area contributed by atoms with E-state index in [9.17, 15) is 14.7 Å². The summed E-state index contributed by atoms with van der Waals surface area (Å²) >= 11 is 0. The third kappa shape index (κ3) is 8.77. The molecule has 1 aromatic carbocycles. The lowest BCUT2D eigenvalue weighted by Crippen LogP contribution is -2.45. The van der Waals surface area contributed by atoms with Gasteiger partial charge in [-0.05, 0) is 64.4 Å². The van der Waals surface area contributed by atoms with Crippen molar-refractivity contribution in [3.05, 3.63) is 35.9 Å². The molecular formula is C24H38N2O5. The number of carbonyl (C=O) groups excluding carboxylic acids is 2. The Labute approximate surface area is 185 Å². The van der Waals surface area contributed by atoms with Crippen LogP contribution in [-0.4, -0.2) is 42.1 Å². The van der Waals surface area contributed by atoms with Gasteiger partial charge < -0.3 is 25.2 Å². The Kier molecular flexibility index (Phi) is 9.16. The highest BCUT2D eigenvalue weighted by atomic mass is 16.6. The van der Waals surface area contributed by atoms with Crippen molar-refractivity contribution in [2.24, 2.45) is 11.3 Å². The number of aliphatic hydroxyl groups is 1. The minimum atomic E-state index is -0.561. The van der Waals surface area contributed by atoms with Gasteiger partial charge in [-0.3, -0.25) is 0 Å². The molecule has 0 aromatic heterocycles. The number of hydrogen-bond donors (Lipinski definition) is 3. The molecule has 1 aliphatic carbocycles. The van der Waals surface area contributed by atoms with Crippen molar-refractivity contribution in [1.82, 2.24) is 10.6 Å². The van der Waals surface area contributed by atoms with E-state index < -0.39 is 17.8 Å². The van der Waals surface area contributed by atoms with Gasteiger partial charge in [-0.2, -0.15) is 0 Å². The molecule has 0 saturated heterocycles. The Morgan fingerprint density at radius 3 is 2.39 bits per heavy atom. The average Bonchev–Trinajstić information content (AvgIpc) is 2.67. The summed E-state index contributed by atoms with van der Waals surface area (Å²) in [6.07, 6.45) is 3.99. The van der Waals surface area contributed by atoms with E-state index in [1.54, 1.807) is 0 Å². The van der Waals surface area contributed by atoms with Crippen LogP contribution in [0.3, 0.4) is 0 Å². The second-order valence-electron chi connectivity index (χ2n) is 9.67. The lowest BCUT2D eigenvalue weighted by molar-refractivity contribution is 0.0343. The second kappa shape index (κ2) is 11.4.